The molecule has 2 heteroatoms. The van der Waals surface area contributed by atoms with E-state index in [0.717, 1.165) is 31.7 Å². The average molecular weight is 301 g/mol. The fraction of sp³-hybridized carbons (Fsp3) is 1.00. The molecule has 0 spiro atoms. The van der Waals surface area contributed by atoms with Crippen LogP contribution in [0.1, 0.15) is 86.0 Å². The molecule has 1 atom stereocenters. The molecular weight excluding hydrogens is 260 g/mol. The lowest BCUT2D eigenvalue weighted by atomic mass is 10.1. The van der Waals surface area contributed by atoms with Crippen molar-refractivity contribution in [3.8, 4) is 0 Å². The number of hydrogen-bond acceptors (Lipinski definition) is 2. The Hall–Kier alpha value is -0.0800. The Morgan fingerprint density at radius 1 is 0.810 bits per heavy atom. The summed E-state index contributed by atoms with van der Waals surface area (Å²) in [4.78, 5) is 0. The van der Waals surface area contributed by atoms with E-state index in [1.165, 1.54) is 51.4 Å². The van der Waals surface area contributed by atoms with Crippen LogP contribution in [0.25, 0.3) is 0 Å². The predicted octanol–water partition coefficient (Wildman–Crippen LogP) is 5.84. The molecule has 128 valence electrons. The summed E-state index contributed by atoms with van der Waals surface area (Å²) in [6.07, 6.45) is 11.2. The highest BCUT2D eigenvalue weighted by atomic mass is 16.6. The van der Waals surface area contributed by atoms with E-state index >= 15 is 0 Å². The molecule has 0 bridgehead atoms. The smallest absolute Gasteiger partial charge is 0.0781 e. The number of hydrogen-bond donors (Lipinski definition) is 0. The first-order valence-electron chi connectivity index (χ1n) is 9.21. The molecule has 0 N–H and O–H groups in total. The lowest BCUT2D eigenvalue weighted by Crippen LogP contribution is -1.98. The van der Waals surface area contributed by atoms with Gasteiger partial charge in [-0.25, -0.2) is 0 Å². The standard InChI is InChI=1S/C16H34O.C3H6O/c1-15(2)11-7-5-9-13-17-14-10-6-8-12-16(3)4;1-3-2-4-3/h15-16H,5-14H2,1-4H3;3H,2H2,1H3. The van der Waals surface area contributed by atoms with E-state index in [4.69, 9.17) is 9.47 Å². The minimum absolute atomic E-state index is 0.583. The van der Waals surface area contributed by atoms with Crippen molar-refractivity contribution in [2.75, 3.05) is 19.8 Å². The van der Waals surface area contributed by atoms with Gasteiger partial charge in [0.1, 0.15) is 0 Å². The molecule has 1 rings (SSSR count). The summed E-state index contributed by atoms with van der Waals surface area (Å²) < 4.78 is 10.4. The van der Waals surface area contributed by atoms with Crippen molar-refractivity contribution >= 4 is 0 Å². The Labute approximate surface area is 134 Å². The first-order valence-corrected chi connectivity index (χ1v) is 9.21. The molecule has 2 nitrogen and oxygen atoms in total. The van der Waals surface area contributed by atoms with Gasteiger partial charge < -0.3 is 9.47 Å². The first kappa shape index (κ1) is 20.9. The molecule has 0 amide bonds. The van der Waals surface area contributed by atoms with E-state index in [9.17, 15) is 0 Å². The maximum Gasteiger partial charge on any atom is 0.0781 e. The summed E-state index contributed by atoms with van der Waals surface area (Å²) in [6.45, 7) is 14.2. The van der Waals surface area contributed by atoms with Gasteiger partial charge in [0.2, 0.25) is 0 Å². The van der Waals surface area contributed by atoms with Crippen LogP contribution >= 0.6 is 0 Å². The van der Waals surface area contributed by atoms with E-state index in [1.807, 2.05) is 0 Å². The van der Waals surface area contributed by atoms with Crippen LogP contribution in [-0.2, 0) is 9.47 Å². The largest absolute Gasteiger partial charge is 0.381 e. The van der Waals surface area contributed by atoms with Crippen molar-refractivity contribution in [3.05, 3.63) is 0 Å². The Balaban J connectivity index is 0.000000847. The van der Waals surface area contributed by atoms with Gasteiger partial charge in [0.05, 0.1) is 12.7 Å². The lowest BCUT2D eigenvalue weighted by Gasteiger charge is -2.06. The molecule has 0 aliphatic carbocycles. The van der Waals surface area contributed by atoms with Gasteiger partial charge in [-0.2, -0.15) is 0 Å². The zero-order chi connectivity index (χ0) is 15.9. The third-order valence-corrected chi connectivity index (χ3v) is 3.64. The molecule has 1 aliphatic rings. The van der Waals surface area contributed by atoms with Crippen LogP contribution in [0.15, 0.2) is 0 Å². The van der Waals surface area contributed by atoms with Gasteiger partial charge in [-0.05, 0) is 31.6 Å². The molecule has 0 aromatic rings. The molecule has 1 fully saturated rings. The molecule has 1 saturated heterocycles. The van der Waals surface area contributed by atoms with Crippen molar-refractivity contribution in [3.63, 3.8) is 0 Å². The van der Waals surface area contributed by atoms with Gasteiger partial charge in [-0.1, -0.05) is 66.2 Å². The summed E-state index contributed by atoms with van der Waals surface area (Å²) in [5.74, 6) is 1.72. The average Bonchev–Trinajstić information content (AvgIpc) is 3.18. The summed E-state index contributed by atoms with van der Waals surface area (Å²) in [5, 5.41) is 0. The Morgan fingerprint density at radius 2 is 1.19 bits per heavy atom. The molecule has 1 heterocycles. The highest BCUT2D eigenvalue weighted by molar-refractivity contribution is 4.58. The second kappa shape index (κ2) is 14.8. The number of rotatable bonds is 12. The minimum Gasteiger partial charge on any atom is -0.381 e. The highest BCUT2D eigenvalue weighted by Crippen LogP contribution is 2.09. The van der Waals surface area contributed by atoms with E-state index in [-0.39, 0.29) is 0 Å². The summed E-state index contributed by atoms with van der Waals surface area (Å²) in [6, 6.07) is 0. The molecule has 21 heavy (non-hydrogen) atoms. The van der Waals surface area contributed by atoms with Crippen molar-refractivity contribution in [2.45, 2.75) is 92.1 Å². The van der Waals surface area contributed by atoms with E-state index in [2.05, 4.69) is 34.6 Å². The van der Waals surface area contributed by atoms with Crippen LogP contribution in [0.2, 0.25) is 0 Å². The SMILES string of the molecule is CC(C)CCCCCOCCCCCC(C)C.CC1CO1. The predicted molar refractivity (Wildman–Crippen MR) is 92.8 cm³/mol. The third kappa shape index (κ3) is 22.3. The second-order valence-corrected chi connectivity index (χ2v) is 7.24. The third-order valence-electron chi connectivity index (χ3n) is 3.64. The minimum atomic E-state index is 0.583. The Morgan fingerprint density at radius 3 is 1.48 bits per heavy atom. The van der Waals surface area contributed by atoms with Gasteiger partial charge in [0, 0.05) is 13.2 Å². The fourth-order valence-corrected chi connectivity index (χ4v) is 2.07. The van der Waals surface area contributed by atoms with Crippen LogP contribution in [0.4, 0.5) is 0 Å². The maximum absolute atomic E-state index is 5.65. The summed E-state index contributed by atoms with van der Waals surface area (Å²) >= 11 is 0. The van der Waals surface area contributed by atoms with Crippen molar-refractivity contribution in [2.24, 2.45) is 11.8 Å². The zero-order valence-electron chi connectivity index (χ0n) is 15.3. The van der Waals surface area contributed by atoms with Gasteiger partial charge in [-0.3, -0.25) is 0 Å². The number of ether oxygens (including phenoxy) is 2. The maximum atomic E-state index is 5.65. The normalized spacial score (nSPS) is 17.0. The second-order valence-electron chi connectivity index (χ2n) is 7.24. The Bertz CT molecular complexity index is 182. The van der Waals surface area contributed by atoms with Crippen LogP contribution in [0, 0.1) is 11.8 Å². The van der Waals surface area contributed by atoms with Crippen LogP contribution < -0.4 is 0 Å². The first-order chi connectivity index (χ1) is 10.0. The molecule has 0 aromatic heterocycles. The quantitative estimate of drug-likeness (QED) is 0.333. The van der Waals surface area contributed by atoms with Gasteiger partial charge in [0.25, 0.3) is 0 Å². The number of epoxide rings is 1. The van der Waals surface area contributed by atoms with Crippen molar-refractivity contribution in [1.82, 2.24) is 0 Å². The summed E-state index contributed by atoms with van der Waals surface area (Å²) in [7, 11) is 0. The van der Waals surface area contributed by atoms with Crippen LogP contribution in [-0.4, -0.2) is 25.9 Å². The van der Waals surface area contributed by atoms with Crippen LogP contribution in [0.3, 0.4) is 0 Å². The van der Waals surface area contributed by atoms with Crippen molar-refractivity contribution < 1.29 is 9.47 Å². The molecule has 1 aliphatic heterocycles. The molecular formula is C19H40O2. The molecule has 0 saturated carbocycles. The van der Waals surface area contributed by atoms with E-state index in [0.29, 0.717) is 6.10 Å². The molecule has 0 aromatic carbocycles. The number of unbranched alkanes of at least 4 members (excludes halogenated alkanes) is 4. The Kier molecular flexibility index (Phi) is 14.8. The zero-order valence-corrected chi connectivity index (χ0v) is 15.3. The van der Waals surface area contributed by atoms with Gasteiger partial charge in [-0.15, -0.1) is 0 Å². The van der Waals surface area contributed by atoms with Gasteiger partial charge >= 0.3 is 0 Å². The fourth-order valence-electron chi connectivity index (χ4n) is 2.07. The lowest BCUT2D eigenvalue weighted by molar-refractivity contribution is 0.125. The van der Waals surface area contributed by atoms with Crippen LogP contribution in [0.5, 0.6) is 0 Å². The van der Waals surface area contributed by atoms with Gasteiger partial charge in [0.15, 0.2) is 0 Å². The molecule has 0 radical (unpaired) electrons. The monoisotopic (exact) mass is 300 g/mol. The van der Waals surface area contributed by atoms with E-state index in [1.54, 1.807) is 0 Å². The summed E-state index contributed by atoms with van der Waals surface area (Å²) in [5.41, 5.74) is 0. The molecule has 1 unspecified atom stereocenters. The highest BCUT2D eigenvalue weighted by Gasteiger charge is 2.13. The van der Waals surface area contributed by atoms with Crippen molar-refractivity contribution in [1.29, 1.82) is 0 Å². The topological polar surface area (TPSA) is 21.8 Å². The van der Waals surface area contributed by atoms with E-state index < -0.39 is 0 Å².